The van der Waals surface area contributed by atoms with E-state index in [-0.39, 0.29) is 0 Å². The summed E-state index contributed by atoms with van der Waals surface area (Å²) in [5, 5.41) is 9.51. The number of hydrogen-bond donors (Lipinski definition) is 1. The standard InChI is InChI=1S/C17H17N3/c18-12-17(19,16-8-2-1-3-9-16)13-20-10-14-6-4-5-7-15(14)11-20/h1-9H,10-11,13,19H2. The van der Waals surface area contributed by atoms with Crippen molar-refractivity contribution in [1.29, 1.82) is 5.26 Å². The Morgan fingerprint density at radius 3 is 2.10 bits per heavy atom. The Morgan fingerprint density at radius 2 is 1.55 bits per heavy atom. The molecular formula is C17H17N3. The number of nitrogens with zero attached hydrogens (tertiary/aromatic N) is 2. The largest absolute Gasteiger partial charge is 0.309 e. The zero-order chi connectivity index (χ0) is 14.0. The van der Waals surface area contributed by atoms with Gasteiger partial charge in [-0.2, -0.15) is 5.26 Å². The van der Waals surface area contributed by atoms with Gasteiger partial charge < -0.3 is 5.73 Å². The third kappa shape index (κ3) is 2.32. The van der Waals surface area contributed by atoms with Crippen molar-refractivity contribution in [2.75, 3.05) is 6.54 Å². The first-order chi connectivity index (χ1) is 9.71. The van der Waals surface area contributed by atoms with Gasteiger partial charge >= 0.3 is 0 Å². The van der Waals surface area contributed by atoms with Crippen LogP contribution in [-0.4, -0.2) is 11.4 Å². The van der Waals surface area contributed by atoms with Crippen molar-refractivity contribution in [2.24, 2.45) is 5.73 Å². The van der Waals surface area contributed by atoms with Gasteiger partial charge in [0.05, 0.1) is 6.07 Å². The van der Waals surface area contributed by atoms with Gasteiger partial charge in [0.25, 0.3) is 0 Å². The maximum Gasteiger partial charge on any atom is 0.142 e. The Kier molecular flexibility index (Phi) is 3.27. The van der Waals surface area contributed by atoms with E-state index in [9.17, 15) is 5.26 Å². The van der Waals surface area contributed by atoms with E-state index < -0.39 is 5.54 Å². The van der Waals surface area contributed by atoms with Gasteiger partial charge in [-0.3, -0.25) is 4.90 Å². The van der Waals surface area contributed by atoms with Crippen molar-refractivity contribution < 1.29 is 0 Å². The molecule has 1 aliphatic rings. The molecule has 1 unspecified atom stereocenters. The third-order valence-electron chi connectivity index (χ3n) is 3.87. The van der Waals surface area contributed by atoms with E-state index in [0.29, 0.717) is 6.54 Å². The number of benzene rings is 2. The lowest BCUT2D eigenvalue weighted by atomic mass is 9.92. The molecule has 0 amide bonds. The lowest BCUT2D eigenvalue weighted by Crippen LogP contribution is -2.45. The predicted octanol–water partition coefficient (Wildman–Crippen LogP) is 2.38. The minimum absolute atomic E-state index is 0.544. The van der Waals surface area contributed by atoms with Crippen LogP contribution in [0.15, 0.2) is 54.6 Å². The fraction of sp³-hybridized carbons (Fsp3) is 0.235. The molecule has 0 spiro atoms. The minimum Gasteiger partial charge on any atom is -0.309 e. The number of nitriles is 1. The molecule has 0 saturated carbocycles. The van der Waals surface area contributed by atoms with E-state index in [1.807, 2.05) is 30.3 Å². The molecular weight excluding hydrogens is 246 g/mol. The van der Waals surface area contributed by atoms with E-state index in [0.717, 1.165) is 18.7 Å². The number of fused-ring (bicyclic) bond motifs is 1. The average molecular weight is 263 g/mol. The van der Waals surface area contributed by atoms with E-state index in [1.54, 1.807) is 0 Å². The van der Waals surface area contributed by atoms with Crippen molar-refractivity contribution in [1.82, 2.24) is 4.90 Å². The zero-order valence-electron chi connectivity index (χ0n) is 11.3. The maximum absolute atomic E-state index is 9.51. The summed E-state index contributed by atoms with van der Waals surface area (Å²) in [7, 11) is 0. The second-order valence-electron chi connectivity index (χ2n) is 5.36. The summed E-state index contributed by atoms with van der Waals surface area (Å²) in [5.74, 6) is 0. The Morgan fingerprint density at radius 1 is 1.00 bits per heavy atom. The molecule has 3 rings (SSSR count). The van der Waals surface area contributed by atoms with Gasteiger partial charge in [-0.05, 0) is 16.7 Å². The molecule has 20 heavy (non-hydrogen) atoms. The quantitative estimate of drug-likeness (QED) is 0.925. The number of hydrogen-bond acceptors (Lipinski definition) is 3. The van der Waals surface area contributed by atoms with E-state index >= 15 is 0 Å². The molecule has 0 radical (unpaired) electrons. The summed E-state index contributed by atoms with van der Waals surface area (Å²) in [6.45, 7) is 2.27. The molecule has 0 aliphatic carbocycles. The topological polar surface area (TPSA) is 53.1 Å². The molecule has 1 heterocycles. The van der Waals surface area contributed by atoms with Crippen LogP contribution in [0, 0.1) is 11.3 Å². The number of rotatable bonds is 3. The van der Waals surface area contributed by atoms with Gasteiger partial charge in [-0.25, -0.2) is 0 Å². The van der Waals surface area contributed by atoms with E-state index in [2.05, 4.69) is 35.2 Å². The third-order valence-corrected chi connectivity index (χ3v) is 3.87. The maximum atomic E-state index is 9.51. The van der Waals surface area contributed by atoms with E-state index in [1.165, 1.54) is 11.1 Å². The zero-order valence-corrected chi connectivity index (χ0v) is 11.3. The first-order valence-electron chi connectivity index (χ1n) is 6.76. The van der Waals surface area contributed by atoms with Gasteiger partial charge in [-0.1, -0.05) is 54.6 Å². The van der Waals surface area contributed by atoms with Gasteiger partial charge in [-0.15, -0.1) is 0 Å². The molecule has 0 aromatic heterocycles. The first kappa shape index (κ1) is 12.9. The minimum atomic E-state index is -0.955. The molecule has 2 N–H and O–H groups in total. The van der Waals surface area contributed by atoms with Crippen LogP contribution in [-0.2, 0) is 18.6 Å². The van der Waals surface area contributed by atoms with Crippen LogP contribution in [0.3, 0.4) is 0 Å². The Hall–Kier alpha value is -2.15. The van der Waals surface area contributed by atoms with Crippen LogP contribution in [0.5, 0.6) is 0 Å². The Balaban J connectivity index is 1.80. The molecule has 1 aliphatic heterocycles. The van der Waals surface area contributed by atoms with Crippen LogP contribution in [0.4, 0.5) is 0 Å². The molecule has 0 fully saturated rings. The molecule has 100 valence electrons. The SMILES string of the molecule is N#CC(N)(CN1Cc2ccccc2C1)c1ccccc1. The molecule has 0 saturated heterocycles. The van der Waals surface area contributed by atoms with E-state index in [4.69, 9.17) is 5.73 Å². The highest BCUT2D eigenvalue weighted by Crippen LogP contribution is 2.26. The summed E-state index contributed by atoms with van der Waals surface area (Å²) in [5.41, 5.74) is 8.92. The van der Waals surface area contributed by atoms with Crippen molar-refractivity contribution in [2.45, 2.75) is 18.6 Å². The highest BCUT2D eigenvalue weighted by Gasteiger charge is 2.32. The molecule has 2 aromatic rings. The second-order valence-corrected chi connectivity index (χ2v) is 5.36. The summed E-state index contributed by atoms with van der Waals surface area (Å²) in [6, 6.07) is 20.3. The van der Waals surface area contributed by atoms with Crippen LogP contribution in [0.2, 0.25) is 0 Å². The smallest absolute Gasteiger partial charge is 0.142 e. The molecule has 1 atom stereocenters. The van der Waals surface area contributed by atoms with Crippen molar-refractivity contribution >= 4 is 0 Å². The van der Waals surface area contributed by atoms with Gasteiger partial charge in [0, 0.05) is 19.6 Å². The molecule has 3 heteroatoms. The highest BCUT2D eigenvalue weighted by atomic mass is 15.2. The average Bonchev–Trinajstić information content (AvgIpc) is 2.90. The monoisotopic (exact) mass is 263 g/mol. The normalized spacial score (nSPS) is 17.2. The lowest BCUT2D eigenvalue weighted by molar-refractivity contribution is 0.239. The molecule has 3 nitrogen and oxygen atoms in total. The van der Waals surface area contributed by atoms with Gasteiger partial charge in [0.15, 0.2) is 0 Å². The summed E-state index contributed by atoms with van der Waals surface area (Å²) < 4.78 is 0. The predicted molar refractivity (Wildman–Crippen MR) is 78.5 cm³/mol. The fourth-order valence-corrected chi connectivity index (χ4v) is 2.79. The number of nitrogens with two attached hydrogens (primary N) is 1. The second kappa shape index (κ2) is 5.09. The van der Waals surface area contributed by atoms with Crippen LogP contribution < -0.4 is 5.73 Å². The molecule has 0 bridgehead atoms. The lowest BCUT2D eigenvalue weighted by Gasteiger charge is -2.27. The Labute approximate surface area is 119 Å². The summed E-state index contributed by atoms with van der Waals surface area (Å²) >= 11 is 0. The van der Waals surface area contributed by atoms with Crippen LogP contribution >= 0.6 is 0 Å². The highest BCUT2D eigenvalue weighted by molar-refractivity contribution is 5.34. The summed E-state index contributed by atoms with van der Waals surface area (Å²) in [4.78, 5) is 2.24. The van der Waals surface area contributed by atoms with Crippen LogP contribution in [0.25, 0.3) is 0 Å². The fourth-order valence-electron chi connectivity index (χ4n) is 2.79. The molecule has 2 aromatic carbocycles. The van der Waals surface area contributed by atoms with Gasteiger partial charge in [0.1, 0.15) is 5.54 Å². The van der Waals surface area contributed by atoms with Crippen molar-refractivity contribution in [3.8, 4) is 6.07 Å². The van der Waals surface area contributed by atoms with Crippen molar-refractivity contribution in [3.63, 3.8) is 0 Å². The van der Waals surface area contributed by atoms with Crippen LogP contribution in [0.1, 0.15) is 16.7 Å². The van der Waals surface area contributed by atoms with Crippen molar-refractivity contribution in [3.05, 3.63) is 71.3 Å². The Bertz CT molecular complexity index is 620. The van der Waals surface area contributed by atoms with Gasteiger partial charge in [0.2, 0.25) is 0 Å². The summed E-state index contributed by atoms with van der Waals surface area (Å²) in [6.07, 6.45) is 0. The first-order valence-corrected chi connectivity index (χ1v) is 6.76.